The summed E-state index contributed by atoms with van der Waals surface area (Å²) in [7, 11) is 0. The molecule has 0 N–H and O–H groups in total. The summed E-state index contributed by atoms with van der Waals surface area (Å²) in [5.41, 5.74) is 1.50. The van der Waals surface area contributed by atoms with Gasteiger partial charge in [-0.3, -0.25) is 14.5 Å². The van der Waals surface area contributed by atoms with Gasteiger partial charge in [-0.15, -0.1) is 0 Å². The highest BCUT2D eigenvalue weighted by Gasteiger charge is 2.36. The van der Waals surface area contributed by atoms with Crippen LogP contribution < -0.4 is 9.47 Å². The topological polar surface area (TPSA) is 55.8 Å². The standard InChI is InChI=1S/C26H27Cl2NO4S/c1-2-32-22-13-18(12-21(28)24(22)33-16-19-10-6-7-11-20(19)27)14-23-25(30)29(26(31)34-23)15-17-8-4-3-5-9-17/h6-7,10-14,17H,2-5,8-9,15-16H2,1H3/b23-14+. The molecule has 2 amide bonds. The maximum absolute atomic E-state index is 13.0. The van der Waals surface area contributed by atoms with Crippen LogP contribution in [-0.4, -0.2) is 29.2 Å². The van der Waals surface area contributed by atoms with Crippen LogP contribution in [0.4, 0.5) is 4.79 Å². The van der Waals surface area contributed by atoms with Gasteiger partial charge >= 0.3 is 0 Å². The van der Waals surface area contributed by atoms with Crippen molar-refractivity contribution in [3.63, 3.8) is 0 Å². The number of benzene rings is 2. The summed E-state index contributed by atoms with van der Waals surface area (Å²) in [5.74, 6) is 1.03. The predicted octanol–water partition coefficient (Wildman–Crippen LogP) is 7.59. The lowest BCUT2D eigenvalue weighted by molar-refractivity contribution is -0.123. The van der Waals surface area contributed by atoms with Gasteiger partial charge in [-0.25, -0.2) is 0 Å². The Balaban J connectivity index is 1.53. The van der Waals surface area contributed by atoms with Crippen LogP contribution in [0.2, 0.25) is 10.0 Å². The number of halogens is 2. The van der Waals surface area contributed by atoms with Gasteiger partial charge in [-0.05, 0) is 67.3 Å². The Hall–Kier alpha value is -2.15. The van der Waals surface area contributed by atoms with E-state index in [0.717, 1.165) is 30.2 Å². The molecule has 2 aromatic rings. The van der Waals surface area contributed by atoms with E-state index in [1.54, 1.807) is 24.3 Å². The Labute approximate surface area is 214 Å². The molecule has 5 nitrogen and oxygen atoms in total. The molecule has 0 unspecified atom stereocenters. The minimum atomic E-state index is -0.242. The summed E-state index contributed by atoms with van der Waals surface area (Å²) in [4.78, 5) is 27.3. The fraction of sp³-hybridized carbons (Fsp3) is 0.385. The molecule has 0 bridgehead atoms. The smallest absolute Gasteiger partial charge is 0.293 e. The van der Waals surface area contributed by atoms with E-state index in [4.69, 9.17) is 32.7 Å². The fourth-order valence-corrected chi connectivity index (χ4v) is 5.59. The van der Waals surface area contributed by atoms with Crippen molar-refractivity contribution in [2.75, 3.05) is 13.2 Å². The van der Waals surface area contributed by atoms with Gasteiger partial charge in [-0.1, -0.05) is 60.7 Å². The Bertz CT molecular complexity index is 1100. The van der Waals surface area contributed by atoms with Crippen LogP contribution >= 0.6 is 35.0 Å². The summed E-state index contributed by atoms with van der Waals surface area (Å²) in [6.07, 6.45) is 7.41. The normalized spacial score (nSPS) is 18.1. The van der Waals surface area contributed by atoms with Crippen LogP contribution in [0.5, 0.6) is 11.5 Å². The summed E-state index contributed by atoms with van der Waals surface area (Å²) in [6, 6.07) is 10.9. The van der Waals surface area contributed by atoms with Gasteiger partial charge in [0.25, 0.3) is 11.1 Å². The molecule has 2 fully saturated rings. The number of hydrogen-bond acceptors (Lipinski definition) is 5. The lowest BCUT2D eigenvalue weighted by atomic mass is 9.89. The first-order chi connectivity index (χ1) is 16.5. The number of carbonyl (C=O) groups is 2. The molecule has 1 saturated heterocycles. The molecule has 0 radical (unpaired) electrons. The van der Waals surface area contributed by atoms with Crippen molar-refractivity contribution in [3.05, 3.63) is 62.5 Å². The van der Waals surface area contributed by atoms with Crippen molar-refractivity contribution in [1.29, 1.82) is 0 Å². The monoisotopic (exact) mass is 519 g/mol. The first-order valence-electron chi connectivity index (χ1n) is 11.5. The van der Waals surface area contributed by atoms with Crippen LogP contribution in [0.1, 0.15) is 50.2 Å². The molecule has 8 heteroatoms. The average Bonchev–Trinajstić information content (AvgIpc) is 3.08. The zero-order valence-corrected chi connectivity index (χ0v) is 21.3. The second kappa shape index (κ2) is 11.5. The molecule has 180 valence electrons. The van der Waals surface area contributed by atoms with E-state index in [9.17, 15) is 9.59 Å². The zero-order chi connectivity index (χ0) is 24.1. The molecular weight excluding hydrogens is 493 g/mol. The summed E-state index contributed by atoms with van der Waals surface area (Å²) in [6.45, 7) is 3.02. The maximum atomic E-state index is 13.0. The molecule has 4 rings (SSSR count). The highest BCUT2D eigenvalue weighted by atomic mass is 35.5. The molecule has 34 heavy (non-hydrogen) atoms. The molecule has 0 atom stereocenters. The molecule has 0 aromatic heterocycles. The Morgan fingerprint density at radius 3 is 2.56 bits per heavy atom. The van der Waals surface area contributed by atoms with Crippen LogP contribution in [0.3, 0.4) is 0 Å². The summed E-state index contributed by atoms with van der Waals surface area (Å²) < 4.78 is 11.7. The Morgan fingerprint density at radius 2 is 1.82 bits per heavy atom. The fourth-order valence-electron chi connectivity index (χ4n) is 4.28. The molecule has 1 aliphatic heterocycles. The SMILES string of the molecule is CCOc1cc(/C=C2/SC(=O)N(CC3CCCCC3)C2=O)cc(Cl)c1OCc1ccccc1Cl. The Kier molecular flexibility index (Phi) is 8.46. The van der Waals surface area contributed by atoms with Crippen LogP contribution in [0, 0.1) is 5.92 Å². The minimum Gasteiger partial charge on any atom is -0.490 e. The van der Waals surface area contributed by atoms with Gasteiger partial charge in [0.15, 0.2) is 11.5 Å². The molecule has 0 spiro atoms. The molecule has 2 aliphatic rings. The number of ether oxygens (including phenoxy) is 2. The number of hydrogen-bond donors (Lipinski definition) is 0. The molecular formula is C26H27Cl2NO4S. The van der Waals surface area contributed by atoms with Crippen molar-refractivity contribution in [3.8, 4) is 11.5 Å². The van der Waals surface area contributed by atoms with E-state index in [1.807, 2.05) is 25.1 Å². The van der Waals surface area contributed by atoms with Gasteiger partial charge in [-0.2, -0.15) is 0 Å². The van der Waals surface area contributed by atoms with E-state index in [2.05, 4.69) is 0 Å². The van der Waals surface area contributed by atoms with Gasteiger partial charge in [0.2, 0.25) is 0 Å². The maximum Gasteiger partial charge on any atom is 0.293 e. The summed E-state index contributed by atoms with van der Waals surface area (Å²) >= 11 is 13.8. The third-order valence-electron chi connectivity index (χ3n) is 6.00. The quantitative estimate of drug-likeness (QED) is 0.336. The van der Waals surface area contributed by atoms with Gasteiger partial charge < -0.3 is 9.47 Å². The molecule has 2 aromatic carbocycles. The predicted molar refractivity (Wildman–Crippen MR) is 138 cm³/mol. The number of rotatable bonds is 8. The van der Waals surface area contributed by atoms with E-state index in [1.165, 1.54) is 24.2 Å². The van der Waals surface area contributed by atoms with Gasteiger partial charge in [0.1, 0.15) is 6.61 Å². The summed E-state index contributed by atoms with van der Waals surface area (Å²) in [5, 5.41) is 0.750. The minimum absolute atomic E-state index is 0.211. The average molecular weight is 520 g/mol. The first-order valence-corrected chi connectivity index (χ1v) is 13.1. The third-order valence-corrected chi connectivity index (χ3v) is 7.56. The van der Waals surface area contributed by atoms with Crippen molar-refractivity contribution in [2.45, 2.75) is 45.6 Å². The van der Waals surface area contributed by atoms with Crippen molar-refractivity contribution in [2.24, 2.45) is 5.92 Å². The lowest BCUT2D eigenvalue weighted by Crippen LogP contribution is -2.34. The van der Waals surface area contributed by atoms with Crippen LogP contribution in [0.25, 0.3) is 6.08 Å². The second-order valence-corrected chi connectivity index (χ2v) is 10.2. The molecule has 1 aliphatic carbocycles. The number of imide groups is 1. The largest absolute Gasteiger partial charge is 0.490 e. The van der Waals surface area contributed by atoms with Crippen molar-refractivity contribution >= 4 is 52.2 Å². The third kappa shape index (κ3) is 5.91. The highest BCUT2D eigenvalue weighted by Crippen LogP contribution is 2.40. The highest BCUT2D eigenvalue weighted by molar-refractivity contribution is 8.18. The van der Waals surface area contributed by atoms with Crippen molar-refractivity contribution < 1.29 is 19.1 Å². The van der Waals surface area contributed by atoms with Gasteiger partial charge in [0.05, 0.1) is 16.5 Å². The number of amides is 2. The number of nitrogens with zero attached hydrogens (tertiary/aromatic N) is 1. The van der Waals surface area contributed by atoms with Gasteiger partial charge in [0, 0.05) is 17.1 Å². The second-order valence-electron chi connectivity index (χ2n) is 8.44. The van der Waals surface area contributed by atoms with E-state index in [-0.39, 0.29) is 17.8 Å². The van der Waals surface area contributed by atoms with E-state index >= 15 is 0 Å². The van der Waals surface area contributed by atoms with E-state index in [0.29, 0.717) is 51.1 Å². The number of carbonyl (C=O) groups excluding carboxylic acids is 2. The van der Waals surface area contributed by atoms with Crippen LogP contribution in [0.15, 0.2) is 41.3 Å². The number of thioether (sulfide) groups is 1. The first kappa shape index (κ1) is 25.0. The Morgan fingerprint density at radius 1 is 1.06 bits per heavy atom. The van der Waals surface area contributed by atoms with Crippen molar-refractivity contribution in [1.82, 2.24) is 4.90 Å². The van der Waals surface area contributed by atoms with Crippen LogP contribution in [-0.2, 0) is 11.4 Å². The molecule has 1 saturated carbocycles. The lowest BCUT2D eigenvalue weighted by Gasteiger charge is -2.25. The molecule has 1 heterocycles. The van der Waals surface area contributed by atoms with E-state index < -0.39 is 0 Å². The zero-order valence-electron chi connectivity index (χ0n) is 19.0.